The number of carbonyl (C=O) groups is 3. The summed E-state index contributed by atoms with van der Waals surface area (Å²) < 4.78 is 0. The molecule has 1 aromatic carbocycles. The third-order valence-electron chi connectivity index (χ3n) is 7.39. The molecule has 1 aliphatic carbocycles. The topological polar surface area (TPSA) is 95.7 Å². The van der Waals surface area contributed by atoms with Crippen LogP contribution in [0.25, 0.3) is 0 Å². The minimum atomic E-state index is -0.566. The van der Waals surface area contributed by atoms with E-state index in [0.29, 0.717) is 37.2 Å². The molecule has 3 amide bonds. The Morgan fingerprint density at radius 2 is 2.00 bits per heavy atom. The molecule has 29 heavy (non-hydrogen) atoms. The van der Waals surface area contributed by atoms with Crippen molar-refractivity contribution in [1.29, 1.82) is 0 Å². The highest BCUT2D eigenvalue weighted by molar-refractivity contribution is 6.05. The summed E-state index contributed by atoms with van der Waals surface area (Å²) >= 11 is 0. The Hall–Kier alpha value is -2.25. The Kier molecular flexibility index (Phi) is 4.67. The van der Waals surface area contributed by atoms with Crippen LogP contribution in [-0.4, -0.2) is 52.2 Å². The van der Waals surface area contributed by atoms with E-state index in [0.717, 1.165) is 23.6 Å². The summed E-state index contributed by atoms with van der Waals surface area (Å²) in [6.07, 6.45) is 5.67. The van der Waals surface area contributed by atoms with Gasteiger partial charge in [0.1, 0.15) is 6.04 Å². The first-order valence-corrected chi connectivity index (χ1v) is 10.8. The average Bonchev–Trinajstić information content (AvgIpc) is 3.37. The number of amides is 3. The second-order valence-corrected chi connectivity index (χ2v) is 8.90. The van der Waals surface area contributed by atoms with Crippen LogP contribution in [0, 0.1) is 5.92 Å². The molecular weight excluding hydrogens is 368 g/mol. The maximum absolute atomic E-state index is 13.0. The summed E-state index contributed by atoms with van der Waals surface area (Å²) in [6.45, 7) is 1.91. The molecule has 1 unspecified atom stereocenters. The third kappa shape index (κ3) is 3.07. The van der Waals surface area contributed by atoms with Gasteiger partial charge in [-0.25, -0.2) is 0 Å². The van der Waals surface area contributed by atoms with Crippen molar-refractivity contribution in [2.24, 2.45) is 11.7 Å². The largest absolute Gasteiger partial charge is 0.329 e. The van der Waals surface area contributed by atoms with Crippen molar-refractivity contribution in [1.82, 2.24) is 15.1 Å². The quantitative estimate of drug-likeness (QED) is 0.745. The van der Waals surface area contributed by atoms with E-state index in [1.165, 1.54) is 25.7 Å². The van der Waals surface area contributed by atoms with Crippen LogP contribution in [0.4, 0.5) is 0 Å². The number of imide groups is 1. The van der Waals surface area contributed by atoms with Crippen LogP contribution in [0.15, 0.2) is 18.2 Å². The van der Waals surface area contributed by atoms with Crippen molar-refractivity contribution < 1.29 is 14.4 Å². The van der Waals surface area contributed by atoms with Crippen molar-refractivity contribution in [3.8, 4) is 0 Å². The van der Waals surface area contributed by atoms with Gasteiger partial charge in [-0.3, -0.25) is 24.6 Å². The molecule has 2 saturated heterocycles. The van der Waals surface area contributed by atoms with Gasteiger partial charge in [-0.05, 0) is 48.8 Å². The molecule has 3 heterocycles. The SMILES string of the molecule is NC[C@@H]1C[C@@H]2CCC[C@@H]2N1Cc1cccc2c1CN(C1CCC(=O)NC1=O)C2=O. The molecule has 3 aliphatic heterocycles. The second-order valence-electron chi connectivity index (χ2n) is 8.90. The Bertz CT molecular complexity index is 870. The molecule has 3 fully saturated rings. The maximum atomic E-state index is 13.0. The van der Waals surface area contributed by atoms with Gasteiger partial charge in [-0.15, -0.1) is 0 Å². The number of hydrogen-bond acceptors (Lipinski definition) is 5. The van der Waals surface area contributed by atoms with Gasteiger partial charge in [-0.1, -0.05) is 18.6 Å². The van der Waals surface area contributed by atoms with E-state index in [2.05, 4.69) is 16.3 Å². The molecule has 7 nitrogen and oxygen atoms in total. The second kappa shape index (κ2) is 7.22. The van der Waals surface area contributed by atoms with E-state index in [1.807, 2.05) is 12.1 Å². The van der Waals surface area contributed by atoms with Gasteiger partial charge < -0.3 is 10.6 Å². The van der Waals surface area contributed by atoms with Gasteiger partial charge >= 0.3 is 0 Å². The molecule has 0 spiro atoms. The van der Waals surface area contributed by atoms with Crippen molar-refractivity contribution in [3.05, 3.63) is 34.9 Å². The first-order valence-electron chi connectivity index (χ1n) is 10.8. The van der Waals surface area contributed by atoms with Crippen molar-refractivity contribution >= 4 is 17.7 Å². The predicted molar refractivity (Wildman–Crippen MR) is 107 cm³/mol. The van der Waals surface area contributed by atoms with Crippen LogP contribution < -0.4 is 11.1 Å². The lowest BCUT2D eigenvalue weighted by atomic mass is 10.0. The van der Waals surface area contributed by atoms with E-state index in [4.69, 9.17) is 5.73 Å². The Morgan fingerprint density at radius 1 is 1.14 bits per heavy atom. The fourth-order valence-electron chi connectivity index (χ4n) is 5.96. The minimum Gasteiger partial charge on any atom is -0.329 e. The van der Waals surface area contributed by atoms with E-state index in [1.54, 1.807) is 4.90 Å². The highest BCUT2D eigenvalue weighted by Crippen LogP contribution is 2.42. The molecule has 0 radical (unpaired) electrons. The Labute approximate surface area is 170 Å². The number of rotatable bonds is 4. The summed E-state index contributed by atoms with van der Waals surface area (Å²) in [5.74, 6) is 0.0263. The van der Waals surface area contributed by atoms with Crippen LogP contribution in [0.1, 0.15) is 60.0 Å². The number of benzene rings is 1. The van der Waals surface area contributed by atoms with Crippen molar-refractivity contribution in [2.75, 3.05) is 6.54 Å². The average molecular weight is 396 g/mol. The molecule has 3 N–H and O–H groups in total. The Balaban J connectivity index is 1.40. The summed E-state index contributed by atoms with van der Waals surface area (Å²) in [5.41, 5.74) is 8.97. The van der Waals surface area contributed by atoms with E-state index in [-0.39, 0.29) is 24.1 Å². The molecule has 0 bridgehead atoms. The molecule has 1 aromatic rings. The molecule has 5 rings (SSSR count). The maximum Gasteiger partial charge on any atom is 0.255 e. The molecule has 1 saturated carbocycles. The van der Waals surface area contributed by atoms with Gasteiger partial charge in [-0.2, -0.15) is 0 Å². The van der Waals surface area contributed by atoms with Crippen molar-refractivity contribution in [3.63, 3.8) is 0 Å². The number of nitrogens with two attached hydrogens (primary N) is 1. The van der Waals surface area contributed by atoms with Gasteiger partial charge in [0, 0.05) is 43.7 Å². The number of nitrogens with zero attached hydrogens (tertiary/aromatic N) is 2. The molecule has 154 valence electrons. The number of fused-ring (bicyclic) bond motifs is 2. The normalized spacial score (nSPS) is 31.9. The third-order valence-corrected chi connectivity index (χ3v) is 7.39. The van der Waals surface area contributed by atoms with Crippen LogP contribution >= 0.6 is 0 Å². The zero-order valence-corrected chi connectivity index (χ0v) is 16.6. The monoisotopic (exact) mass is 396 g/mol. The molecule has 0 aromatic heterocycles. The van der Waals surface area contributed by atoms with E-state index in [9.17, 15) is 14.4 Å². The van der Waals surface area contributed by atoms with Crippen LogP contribution in [-0.2, 0) is 22.7 Å². The number of carbonyl (C=O) groups excluding carboxylic acids is 3. The standard InChI is InChI=1S/C22H28N4O3/c23-10-15-9-13-3-2-6-18(13)25(15)11-14-4-1-5-16-17(14)12-26(22(16)29)19-7-8-20(27)24-21(19)28/h1,4-5,13,15,18-19H,2-3,6-12,23H2,(H,24,27,28)/t13-,15-,18-,19?/m0/s1. The summed E-state index contributed by atoms with van der Waals surface area (Å²) in [4.78, 5) is 41.0. The van der Waals surface area contributed by atoms with Crippen molar-refractivity contribution in [2.45, 2.75) is 69.7 Å². The zero-order valence-electron chi connectivity index (χ0n) is 16.6. The predicted octanol–water partition coefficient (Wildman–Crippen LogP) is 1.15. The molecule has 4 aliphatic rings. The number of likely N-dealkylation sites (tertiary alicyclic amines) is 1. The summed E-state index contributed by atoms with van der Waals surface area (Å²) in [6, 6.07) is 6.35. The lowest BCUT2D eigenvalue weighted by molar-refractivity contribution is -0.136. The van der Waals surface area contributed by atoms with Crippen LogP contribution in [0.3, 0.4) is 0 Å². The zero-order chi connectivity index (χ0) is 20.1. The summed E-state index contributed by atoms with van der Waals surface area (Å²) in [7, 11) is 0. The fraction of sp³-hybridized carbons (Fsp3) is 0.591. The lowest BCUT2D eigenvalue weighted by Crippen LogP contribution is -2.52. The lowest BCUT2D eigenvalue weighted by Gasteiger charge is -2.30. The number of piperidine rings is 1. The first-order chi connectivity index (χ1) is 14.1. The van der Waals surface area contributed by atoms with Gasteiger partial charge in [0.2, 0.25) is 11.8 Å². The Morgan fingerprint density at radius 3 is 2.79 bits per heavy atom. The van der Waals surface area contributed by atoms with Gasteiger partial charge in [0.15, 0.2) is 0 Å². The minimum absolute atomic E-state index is 0.105. The highest BCUT2D eigenvalue weighted by Gasteiger charge is 2.44. The molecule has 7 heteroatoms. The number of hydrogen-bond donors (Lipinski definition) is 2. The first kappa shape index (κ1) is 18.8. The molecular formula is C22H28N4O3. The molecule has 4 atom stereocenters. The van der Waals surface area contributed by atoms with E-state index < -0.39 is 6.04 Å². The van der Waals surface area contributed by atoms with Crippen LogP contribution in [0.5, 0.6) is 0 Å². The van der Waals surface area contributed by atoms with E-state index >= 15 is 0 Å². The highest BCUT2D eigenvalue weighted by atomic mass is 16.2. The van der Waals surface area contributed by atoms with Gasteiger partial charge in [0.05, 0.1) is 0 Å². The smallest absolute Gasteiger partial charge is 0.255 e. The number of nitrogens with one attached hydrogen (secondary N) is 1. The van der Waals surface area contributed by atoms with Gasteiger partial charge in [0.25, 0.3) is 5.91 Å². The fourth-order valence-corrected chi connectivity index (χ4v) is 5.96. The summed E-state index contributed by atoms with van der Waals surface area (Å²) in [5, 5.41) is 2.37. The van der Waals surface area contributed by atoms with Crippen LogP contribution in [0.2, 0.25) is 0 Å².